The van der Waals surface area contributed by atoms with Crippen LogP contribution >= 0.6 is 22.7 Å². The number of pyridine rings is 1. The maximum absolute atomic E-state index is 15.6. The zero-order chi connectivity index (χ0) is 31.5. The average molecular weight is 660 g/mol. The second kappa shape index (κ2) is 10.8. The van der Waals surface area contributed by atoms with Crippen LogP contribution < -0.4 is 4.57 Å². The van der Waals surface area contributed by atoms with Crippen LogP contribution in [0.15, 0.2) is 60.8 Å². The van der Waals surface area contributed by atoms with Crippen LogP contribution in [-0.4, -0.2) is 41.6 Å². The fourth-order valence-corrected chi connectivity index (χ4v) is 7.68. The fraction of sp³-hybridized carbons (Fsp3) is 0.276. The number of thiophene rings is 2. The van der Waals surface area contributed by atoms with Crippen molar-refractivity contribution in [2.24, 2.45) is 0 Å². The molecule has 0 atom stereocenters. The third-order valence-electron chi connectivity index (χ3n) is 7.18. The van der Waals surface area contributed by atoms with Crippen molar-refractivity contribution >= 4 is 43.9 Å². The summed E-state index contributed by atoms with van der Waals surface area (Å²) in [6.45, 7) is 2.83. The quantitative estimate of drug-likeness (QED) is 0.121. The number of rotatable bonds is 8. The van der Waals surface area contributed by atoms with Crippen molar-refractivity contribution in [1.82, 2.24) is 0 Å². The van der Waals surface area contributed by atoms with Crippen molar-refractivity contribution in [2.45, 2.75) is 44.6 Å². The van der Waals surface area contributed by atoms with E-state index >= 15 is 17.6 Å². The summed E-state index contributed by atoms with van der Waals surface area (Å²) in [4.78, 5) is 0.888. The normalized spacial score (nSPS) is 17.5. The Labute approximate surface area is 251 Å². The lowest BCUT2D eigenvalue weighted by Crippen LogP contribution is -2.48. The van der Waals surface area contributed by atoms with Crippen LogP contribution in [-0.2, 0) is 16.7 Å². The Morgan fingerprint density at radius 1 is 0.837 bits per heavy atom. The molecule has 1 aliphatic rings. The van der Waals surface area contributed by atoms with Crippen molar-refractivity contribution in [2.75, 3.05) is 5.75 Å². The second-order valence-corrected chi connectivity index (χ2v) is 14.1. The number of hydrogen-bond donors (Lipinski definition) is 1. The predicted octanol–water partition coefficient (Wildman–Crippen LogP) is 7.52. The van der Waals surface area contributed by atoms with Crippen molar-refractivity contribution in [3.8, 4) is 26.8 Å². The monoisotopic (exact) mass is 659 g/mol. The molecule has 1 aromatic carbocycles. The molecule has 5 rings (SSSR count). The largest absolute Gasteiger partial charge is 0.748 e. The molecule has 0 unspecified atom stereocenters. The molecule has 5 nitrogen and oxygen atoms in total. The standard InChI is InChI=1S/C29H23F6NO4S3/c1-16-20(14-23(41-16)18-7-9-19(37)10-8-18)25-26(28(32,33)29(34,35)27(25,30)31)21-15-24(42-17(21)2)22-6-3-4-11-36(22)12-5-13-43(38,39)40/h3-4,6-11,14-15H,5,12-13H2,1-2H3,(H-,37,38,39,40). The molecule has 1 aliphatic carbocycles. The first-order valence-corrected chi connectivity index (χ1v) is 16.0. The third-order valence-corrected chi connectivity index (χ3v) is 10.1. The molecular weight excluding hydrogens is 637 g/mol. The molecule has 3 heterocycles. The average Bonchev–Trinajstić information content (AvgIpc) is 3.51. The Bertz CT molecular complexity index is 1840. The van der Waals surface area contributed by atoms with E-state index in [0.29, 0.717) is 21.0 Å². The summed E-state index contributed by atoms with van der Waals surface area (Å²) >= 11 is 1.91. The lowest BCUT2D eigenvalue weighted by Gasteiger charge is -2.25. The van der Waals surface area contributed by atoms with Crippen molar-refractivity contribution < 1.29 is 49.0 Å². The van der Waals surface area contributed by atoms with Gasteiger partial charge in [-0.3, -0.25) is 0 Å². The summed E-state index contributed by atoms with van der Waals surface area (Å²) in [6, 6.07) is 12.9. The molecule has 3 aromatic heterocycles. The van der Waals surface area contributed by atoms with Crippen LogP contribution in [0.25, 0.3) is 32.2 Å². The maximum atomic E-state index is 15.6. The van der Waals surface area contributed by atoms with Gasteiger partial charge in [0.2, 0.25) is 5.69 Å². The summed E-state index contributed by atoms with van der Waals surface area (Å²) in [7, 11) is -4.48. The van der Waals surface area contributed by atoms with Gasteiger partial charge in [0.05, 0.1) is 15.0 Å². The highest BCUT2D eigenvalue weighted by molar-refractivity contribution is 7.85. The number of benzene rings is 1. The molecule has 14 heteroatoms. The van der Waals surface area contributed by atoms with Gasteiger partial charge in [0.1, 0.15) is 12.3 Å². The first-order valence-electron chi connectivity index (χ1n) is 12.8. The van der Waals surface area contributed by atoms with Crippen LogP contribution in [0.4, 0.5) is 26.3 Å². The lowest BCUT2D eigenvalue weighted by molar-refractivity contribution is -0.686. The summed E-state index contributed by atoms with van der Waals surface area (Å²) in [6.07, 6.45) is 1.52. The van der Waals surface area contributed by atoms with E-state index in [-0.39, 0.29) is 28.5 Å². The summed E-state index contributed by atoms with van der Waals surface area (Å²) in [5.74, 6) is -16.8. The van der Waals surface area contributed by atoms with E-state index in [1.54, 1.807) is 29.0 Å². The van der Waals surface area contributed by atoms with Gasteiger partial charge in [0, 0.05) is 50.1 Å². The zero-order valence-corrected chi connectivity index (χ0v) is 25.0. The smallest absolute Gasteiger partial charge is 0.380 e. The van der Waals surface area contributed by atoms with Crippen LogP contribution in [0.5, 0.6) is 5.75 Å². The molecule has 228 valence electrons. The summed E-state index contributed by atoms with van der Waals surface area (Å²) in [5.41, 5.74) is -2.91. The van der Waals surface area contributed by atoms with Crippen LogP contribution in [0.3, 0.4) is 0 Å². The Hall–Kier alpha value is -3.20. The van der Waals surface area contributed by atoms with E-state index in [1.807, 2.05) is 0 Å². The van der Waals surface area contributed by atoms with E-state index < -0.39 is 55.9 Å². The van der Waals surface area contributed by atoms with Gasteiger partial charge in [-0.15, -0.1) is 22.7 Å². The highest BCUT2D eigenvalue weighted by Gasteiger charge is 2.80. The highest BCUT2D eigenvalue weighted by Crippen LogP contribution is 2.66. The minimum atomic E-state index is -5.72. The molecule has 0 aliphatic heterocycles. The minimum absolute atomic E-state index is 0.0443. The van der Waals surface area contributed by atoms with Crippen LogP contribution in [0.2, 0.25) is 0 Å². The number of phenols is 1. The topological polar surface area (TPSA) is 81.3 Å². The number of phenolic OH excluding ortho intramolecular Hbond substituents is 1. The van der Waals surface area contributed by atoms with Gasteiger partial charge in [-0.2, -0.15) is 30.9 Å². The fourth-order valence-electron chi connectivity index (χ4n) is 5.09. The molecule has 0 saturated heterocycles. The highest BCUT2D eigenvalue weighted by atomic mass is 32.2. The van der Waals surface area contributed by atoms with Crippen LogP contribution in [0.1, 0.15) is 27.3 Å². The lowest BCUT2D eigenvalue weighted by atomic mass is 9.94. The first kappa shape index (κ1) is 31.2. The molecule has 0 saturated carbocycles. The van der Waals surface area contributed by atoms with Crippen LogP contribution in [0, 0.1) is 13.8 Å². The summed E-state index contributed by atoms with van der Waals surface area (Å²) in [5, 5.41) is 9.58. The van der Waals surface area contributed by atoms with E-state index in [1.165, 1.54) is 50.2 Å². The van der Waals surface area contributed by atoms with E-state index in [9.17, 15) is 26.9 Å². The molecule has 0 radical (unpaired) electrons. The molecule has 43 heavy (non-hydrogen) atoms. The Kier molecular flexibility index (Phi) is 7.81. The molecule has 0 amide bonds. The third kappa shape index (κ3) is 5.38. The molecule has 1 N–H and O–H groups in total. The molecule has 0 bridgehead atoms. The second-order valence-electron chi connectivity index (χ2n) is 10.1. The van der Waals surface area contributed by atoms with Gasteiger partial charge in [0.25, 0.3) is 0 Å². The predicted molar refractivity (Wildman–Crippen MR) is 152 cm³/mol. The van der Waals surface area contributed by atoms with Gasteiger partial charge in [-0.1, -0.05) is 0 Å². The number of halogens is 6. The van der Waals surface area contributed by atoms with E-state index in [0.717, 1.165) is 22.7 Å². The maximum Gasteiger partial charge on any atom is 0.380 e. The molecule has 0 fully saturated rings. The molecular formula is C29H23F6NO4S3. The van der Waals surface area contributed by atoms with Crippen molar-refractivity contribution in [3.05, 3.63) is 81.7 Å². The van der Waals surface area contributed by atoms with Gasteiger partial charge < -0.3 is 9.66 Å². The SMILES string of the molecule is Cc1sc(-c2ccc(O)cc2)cc1C1=C(c2cc(-c3cccc[n+]3CCCS(=O)(=O)[O-])sc2C)C(F)(F)C(F)(F)C1(F)F. The molecule has 4 aromatic rings. The van der Waals surface area contributed by atoms with E-state index in [4.69, 9.17) is 0 Å². The van der Waals surface area contributed by atoms with E-state index in [2.05, 4.69) is 0 Å². The van der Waals surface area contributed by atoms with Crippen molar-refractivity contribution in [1.29, 1.82) is 0 Å². The number of aromatic nitrogens is 1. The Morgan fingerprint density at radius 3 is 1.93 bits per heavy atom. The number of hydrogen-bond acceptors (Lipinski definition) is 6. The Balaban J connectivity index is 1.68. The van der Waals surface area contributed by atoms with Gasteiger partial charge in [-0.05, 0) is 73.0 Å². The van der Waals surface area contributed by atoms with Gasteiger partial charge >= 0.3 is 17.8 Å². The van der Waals surface area contributed by atoms with Gasteiger partial charge in [0.15, 0.2) is 6.20 Å². The summed E-state index contributed by atoms with van der Waals surface area (Å²) < 4.78 is 127. The zero-order valence-electron chi connectivity index (χ0n) is 22.5. The number of aromatic hydroxyl groups is 1. The molecule has 0 spiro atoms. The van der Waals surface area contributed by atoms with Crippen molar-refractivity contribution in [3.63, 3.8) is 0 Å². The Morgan fingerprint density at radius 2 is 1.37 bits per heavy atom. The van der Waals surface area contributed by atoms with Gasteiger partial charge in [-0.25, -0.2) is 8.42 Å². The number of nitrogens with zero attached hydrogens (tertiary/aromatic N) is 1. The minimum Gasteiger partial charge on any atom is -0.748 e. The number of allylic oxidation sites excluding steroid dienone is 2. The number of aryl methyl sites for hydroxylation is 3. The number of alkyl halides is 6. The first-order chi connectivity index (χ1) is 20.0.